The van der Waals surface area contributed by atoms with Gasteiger partial charge in [-0.05, 0) is 42.2 Å². The Morgan fingerprint density at radius 3 is 2.45 bits per heavy atom. The highest BCUT2D eigenvalue weighted by molar-refractivity contribution is 7.99. The summed E-state index contributed by atoms with van der Waals surface area (Å²) in [5.74, 6) is 1.92. The van der Waals surface area contributed by atoms with Gasteiger partial charge in [0.25, 0.3) is 0 Å². The zero-order chi connectivity index (χ0) is 21.6. The number of fused-ring (bicyclic) bond motifs is 1. The van der Waals surface area contributed by atoms with Gasteiger partial charge in [-0.1, -0.05) is 27.7 Å². The molecule has 6 nitrogen and oxygen atoms in total. The predicted octanol–water partition coefficient (Wildman–Crippen LogP) is 3.43. The Morgan fingerprint density at radius 1 is 1.21 bits per heavy atom. The number of carbonyl (C=O) groups is 1. The molecule has 1 heterocycles. The maximum Gasteiger partial charge on any atom is 0.240 e. The number of thioether (sulfide) groups is 1. The lowest BCUT2D eigenvalue weighted by Gasteiger charge is -2.26. The monoisotopic (exact) mass is 441 g/mol. The van der Waals surface area contributed by atoms with Gasteiger partial charge in [0, 0.05) is 44.5 Å². The molecule has 1 aliphatic rings. The van der Waals surface area contributed by atoms with Gasteiger partial charge >= 0.3 is 0 Å². The lowest BCUT2D eigenvalue weighted by atomic mass is 10.1. The molecule has 0 atom stereocenters. The Bertz CT molecular complexity index is 784. The van der Waals surface area contributed by atoms with Crippen LogP contribution < -0.4 is 9.62 Å². The van der Waals surface area contributed by atoms with E-state index in [0.29, 0.717) is 37.2 Å². The minimum atomic E-state index is -3.63. The summed E-state index contributed by atoms with van der Waals surface area (Å²) in [7, 11) is -3.63. The Morgan fingerprint density at radius 2 is 1.86 bits per heavy atom. The van der Waals surface area contributed by atoms with E-state index in [4.69, 9.17) is 0 Å². The maximum atomic E-state index is 12.9. The van der Waals surface area contributed by atoms with E-state index in [0.717, 1.165) is 30.2 Å². The van der Waals surface area contributed by atoms with Crippen molar-refractivity contribution in [3.05, 3.63) is 18.2 Å². The molecule has 1 aromatic carbocycles. The van der Waals surface area contributed by atoms with Gasteiger partial charge in [-0.15, -0.1) is 11.8 Å². The van der Waals surface area contributed by atoms with E-state index >= 15 is 0 Å². The molecule has 0 aliphatic carbocycles. The summed E-state index contributed by atoms with van der Waals surface area (Å²) >= 11 is 1.67. The second-order valence-corrected chi connectivity index (χ2v) is 11.4. The van der Waals surface area contributed by atoms with Gasteiger partial charge in [0.2, 0.25) is 15.9 Å². The highest BCUT2D eigenvalue weighted by Gasteiger charge is 2.23. The number of benzene rings is 1. The first-order valence-electron chi connectivity index (χ1n) is 10.4. The number of amides is 1. The van der Waals surface area contributed by atoms with Gasteiger partial charge in [-0.3, -0.25) is 4.79 Å². The van der Waals surface area contributed by atoms with E-state index in [2.05, 4.69) is 37.3 Å². The SMILES string of the molecule is CC(=O)N1CCCSc2ccc(S(=O)(=O)NCCN(CC(C)C)CC(C)C)cc21. The molecule has 1 amide bonds. The standard InChI is InChI=1S/C21H35N3O3S2/c1-16(2)14-23(15-17(3)4)11-9-22-29(26,27)19-7-8-21-20(13-19)24(18(5)25)10-6-12-28-21/h7-8,13,16-17,22H,6,9-12,14-15H2,1-5H3. The Balaban J connectivity index is 2.12. The normalized spacial score (nSPS) is 15.1. The van der Waals surface area contributed by atoms with Crippen LogP contribution in [-0.4, -0.2) is 57.7 Å². The van der Waals surface area contributed by atoms with Crippen LogP contribution in [0.1, 0.15) is 41.0 Å². The first kappa shape index (κ1) is 24.2. The number of nitrogens with zero attached hydrogens (tertiary/aromatic N) is 2. The summed E-state index contributed by atoms with van der Waals surface area (Å²) in [5.41, 5.74) is 0.698. The lowest BCUT2D eigenvalue weighted by molar-refractivity contribution is -0.116. The fourth-order valence-electron chi connectivity index (χ4n) is 3.56. The molecule has 0 saturated carbocycles. The third kappa shape index (κ3) is 7.27. The highest BCUT2D eigenvalue weighted by Crippen LogP contribution is 2.35. The Hall–Kier alpha value is -1.09. The second-order valence-electron chi connectivity index (χ2n) is 8.45. The largest absolute Gasteiger partial charge is 0.311 e. The number of nitrogens with one attached hydrogen (secondary N) is 1. The van der Waals surface area contributed by atoms with E-state index in [9.17, 15) is 13.2 Å². The molecular formula is C21H35N3O3S2. The average Bonchev–Trinajstić information content (AvgIpc) is 2.82. The molecule has 2 rings (SSSR count). The van der Waals surface area contributed by atoms with Gasteiger partial charge in [-0.25, -0.2) is 13.1 Å². The Kier molecular flexibility index (Phi) is 9.00. The molecule has 1 aromatic rings. The smallest absolute Gasteiger partial charge is 0.240 e. The van der Waals surface area contributed by atoms with Crippen molar-refractivity contribution in [2.75, 3.05) is 43.4 Å². The van der Waals surface area contributed by atoms with Crippen molar-refractivity contribution in [2.24, 2.45) is 11.8 Å². The van der Waals surface area contributed by atoms with Crippen molar-refractivity contribution in [1.82, 2.24) is 9.62 Å². The maximum absolute atomic E-state index is 12.9. The van der Waals surface area contributed by atoms with E-state index in [1.54, 1.807) is 28.8 Å². The summed E-state index contributed by atoms with van der Waals surface area (Å²) in [6, 6.07) is 5.09. The zero-order valence-corrected chi connectivity index (χ0v) is 19.9. The number of carbonyl (C=O) groups excluding carboxylic acids is 1. The molecule has 164 valence electrons. The first-order valence-corrected chi connectivity index (χ1v) is 12.8. The van der Waals surface area contributed by atoms with Crippen molar-refractivity contribution < 1.29 is 13.2 Å². The van der Waals surface area contributed by atoms with Gasteiger partial charge in [0.15, 0.2) is 0 Å². The van der Waals surface area contributed by atoms with E-state index in [1.807, 2.05) is 6.07 Å². The summed E-state index contributed by atoms with van der Waals surface area (Å²) in [4.78, 5) is 17.2. The minimum absolute atomic E-state index is 0.0609. The van der Waals surface area contributed by atoms with Crippen LogP contribution in [0.25, 0.3) is 0 Å². The summed E-state index contributed by atoms with van der Waals surface area (Å²) < 4.78 is 28.5. The number of sulfonamides is 1. The van der Waals surface area contributed by atoms with Crippen LogP contribution in [0.3, 0.4) is 0 Å². The Labute approximate surface area is 180 Å². The molecule has 0 radical (unpaired) electrons. The van der Waals surface area contributed by atoms with Crippen LogP contribution in [0, 0.1) is 11.8 Å². The fourth-order valence-corrected chi connectivity index (χ4v) is 5.58. The second kappa shape index (κ2) is 10.8. The van der Waals surface area contributed by atoms with E-state index in [-0.39, 0.29) is 10.8 Å². The van der Waals surface area contributed by atoms with Crippen LogP contribution in [0.5, 0.6) is 0 Å². The summed E-state index contributed by atoms with van der Waals surface area (Å²) in [6.45, 7) is 13.8. The van der Waals surface area contributed by atoms with Crippen molar-refractivity contribution >= 4 is 33.4 Å². The van der Waals surface area contributed by atoms with Crippen LogP contribution in [0.4, 0.5) is 5.69 Å². The van der Waals surface area contributed by atoms with Gasteiger partial charge < -0.3 is 9.80 Å². The van der Waals surface area contributed by atoms with Crippen molar-refractivity contribution in [3.8, 4) is 0 Å². The van der Waals surface area contributed by atoms with Gasteiger partial charge in [-0.2, -0.15) is 0 Å². The van der Waals surface area contributed by atoms with E-state index in [1.165, 1.54) is 6.92 Å². The third-order valence-electron chi connectivity index (χ3n) is 4.66. The van der Waals surface area contributed by atoms with Crippen molar-refractivity contribution in [1.29, 1.82) is 0 Å². The van der Waals surface area contributed by atoms with E-state index < -0.39 is 10.0 Å². The zero-order valence-electron chi connectivity index (χ0n) is 18.3. The molecule has 0 saturated heterocycles. The molecular weight excluding hydrogens is 406 g/mol. The highest BCUT2D eigenvalue weighted by atomic mass is 32.2. The fraction of sp³-hybridized carbons (Fsp3) is 0.667. The molecule has 0 fully saturated rings. The summed E-state index contributed by atoms with van der Waals surface area (Å²) in [5, 5.41) is 0. The van der Waals surface area contributed by atoms with Crippen molar-refractivity contribution in [3.63, 3.8) is 0 Å². The van der Waals surface area contributed by atoms with Crippen LogP contribution >= 0.6 is 11.8 Å². The molecule has 1 aliphatic heterocycles. The third-order valence-corrected chi connectivity index (χ3v) is 7.27. The number of rotatable bonds is 9. The lowest BCUT2D eigenvalue weighted by Crippen LogP contribution is -2.38. The molecule has 0 unspecified atom stereocenters. The quantitative estimate of drug-likeness (QED) is 0.636. The molecule has 0 aromatic heterocycles. The summed E-state index contributed by atoms with van der Waals surface area (Å²) in [6.07, 6.45) is 0.890. The number of hydrogen-bond donors (Lipinski definition) is 1. The molecule has 0 spiro atoms. The predicted molar refractivity (Wildman–Crippen MR) is 121 cm³/mol. The van der Waals surface area contributed by atoms with Crippen LogP contribution in [-0.2, 0) is 14.8 Å². The minimum Gasteiger partial charge on any atom is -0.311 e. The molecule has 8 heteroatoms. The molecule has 29 heavy (non-hydrogen) atoms. The number of anilines is 1. The topological polar surface area (TPSA) is 69.7 Å². The average molecular weight is 442 g/mol. The van der Waals surface area contributed by atoms with Crippen LogP contribution in [0.15, 0.2) is 28.0 Å². The first-order chi connectivity index (χ1) is 13.6. The van der Waals surface area contributed by atoms with Gasteiger partial charge in [0.1, 0.15) is 0 Å². The van der Waals surface area contributed by atoms with Gasteiger partial charge in [0.05, 0.1) is 10.6 Å². The molecule has 0 bridgehead atoms. The van der Waals surface area contributed by atoms with Crippen molar-refractivity contribution in [2.45, 2.75) is 50.8 Å². The van der Waals surface area contributed by atoms with Crippen LogP contribution in [0.2, 0.25) is 0 Å². The number of hydrogen-bond acceptors (Lipinski definition) is 5. The molecule has 1 N–H and O–H groups in total.